The monoisotopic (exact) mass is 303 g/mol. The predicted molar refractivity (Wildman–Crippen MR) is 102 cm³/mol. The van der Waals surface area contributed by atoms with Crippen molar-refractivity contribution in [2.75, 3.05) is 0 Å². The summed E-state index contributed by atoms with van der Waals surface area (Å²) in [5.41, 5.74) is 7.37. The lowest BCUT2D eigenvalue weighted by Gasteiger charge is -2.08. The molecule has 0 saturated heterocycles. The molecular weight excluding hydrogens is 288 g/mol. The molecule has 111 valence electrons. The van der Waals surface area contributed by atoms with Gasteiger partial charge in [-0.05, 0) is 56.3 Å². The lowest BCUT2D eigenvalue weighted by Crippen LogP contribution is -1.87. The van der Waals surface area contributed by atoms with Crippen LogP contribution in [0.2, 0.25) is 0 Å². The average Bonchev–Trinajstić information content (AvgIpc) is 3.04. The van der Waals surface area contributed by atoms with E-state index in [0.29, 0.717) is 0 Å². The van der Waals surface area contributed by atoms with E-state index in [2.05, 4.69) is 91.0 Å². The summed E-state index contributed by atoms with van der Waals surface area (Å²) in [7, 11) is 0. The second-order valence-electron chi connectivity index (χ2n) is 6.15. The summed E-state index contributed by atoms with van der Waals surface area (Å²) >= 11 is 0. The first-order valence-electron chi connectivity index (χ1n) is 8.22. The Morgan fingerprint density at radius 2 is 1.33 bits per heavy atom. The highest BCUT2D eigenvalue weighted by Crippen LogP contribution is 2.40. The van der Waals surface area contributed by atoms with Gasteiger partial charge in [0.25, 0.3) is 0 Å². The van der Waals surface area contributed by atoms with Gasteiger partial charge in [0.2, 0.25) is 0 Å². The second kappa shape index (κ2) is 5.21. The van der Waals surface area contributed by atoms with Crippen LogP contribution in [0.15, 0.2) is 84.9 Å². The average molecular weight is 303 g/mol. The van der Waals surface area contributed by atoms with Crippen LogP contribution >= 0.6 is 0 Å². The molecule has 1 radical (unpaired) electrons. The maximum atomic E-state index is 3.61. The highest BCUT2D eigenvalue weighted by molar-refractivity contribution is 6.12. The minimum Gasteiger partial charge on any atom is -0.0622 e. The summed E-state index contributed by atoms with van der Waals surface area (Å²) in [4.78, 5) is 0. The lowest BCUT2D eigenvalue weighted by atomic mass is 9.95. The molecule has 0 atom stereocenters. The molecule has 0 bridgehead atoms. The van der Waals surface area contributed by atoms with Crippen LogP contribution in [0.25, 0.3) is 33.5 Å². The van der Waals surface area contributed by atoms with Crippen LogP contribution in [0, 0.1) is 6.07 Å². The zero-order chi connectivity index (χ0) is 15.9. The first-order valence-corrected chi connectivity index (χ1v) is 8.22. The van der Waals surface area contributed by atoms with Crippen molar-refractivity contribution in [2.24, 2.45) is 0 Å². The van der Waals surface area contributed by atoms with E-state index in [9.17, 15) is 0 Å². The normalized spacial score (nSPS) is 12.4. The quantitative estimate of drug-likeness (QED) is 0.364. The first-order chi connectivity index (χ1) is 11.9. The van der Waals surface area contributed by atoms with E-state index in [0.717, 1.165) is 11.1 Å². The molecule has 0 heterocycles. The van der Waals surface area contributed by atoms with Gasteiger partial charge in [0.1, 0.15) is 0 Å². The van der Waals surface area contributed by atoms with Gasteiger partial charge >= 0.3 is 0 Å². The largest absolute Gasteiger partial charge is 0.0622 e. The molecule has 0 aliphatic heterocycles. The van der Waals surface area contributed by atoms with Crippen molar-refractivity contribution in [2.45, 2.75) is 0 Å². The van der Waals surface area contributed by atoms with Gasteiger partial charge in [0.15, 0.2) is 0 Å². The Labute approximate surface area is 141 Å². The molecule has 0 unspecified atom stereocenters. The SMILES string of the molecule is [c]1c(C2=Cc3cccc4cccc2c34)cccc1-c1ccccc1. The minimum atomic E-state index is 1.14. The third-order valence-corrected chi connectivity index (χ3v) is 4.70. The fraction of sp³-hybridized carbons (Fsp3) is 0. The third kappa shape index (κ3) is 2.00. The molecule has 1 aliphatic rings. The Hall–Kier alpha value is -3.12. The highest BCUT2D eigenvalue weighted by atomic mass is 14.2. The molecule has 5 rings (SSSR count). The standard InChI is InChI=1S/C24H15/c1-2-7-17(8-3-1)19-11-5-12-20(15-19)23-16-21-13-4-9-18-10-6-14-22(23)24(18)21/h1-14,16H. The van der Waals surface area contributed by atoms with Gasteiger partial charge in [-0.25, -0.2) is 0 Å². The molecule has 0 amide bonds. The van der Waals surface area contributed by atoms with E-state index in [1.165, 1.54) is 33.0 Å². The van der Waals surface area contributed by atoms with Gasteiger partial charge in [0.05, 0.1) is 0 Å². The van der Waals surface area contributed by atoms with Crippen LogP contribution in [-0.4, -0.2) is 0 Å². The topological polar surface area (TPSA) is 0 Å². The van der Waals surface area contributed by atoms with Gasteiger partial charge in [-0.1, -0.05) is 84.9 Å². The highest BCUT2D eigenvalue weighted by Gasteiger charge is 2.17. The van der Waals surface area contributed by atoms with Crippen LogP contribution < -0.4 is 0 Å². The minimum absolute atomic E-state index is 1.14. The summed E-state index contributed by atoms with van der Waals surface area (Å²) in [5, 5.41) is 2.66. The fourth-order valence-corrected chi connectivity index (χ4v) is 3.58. The van der Waals surface area contributed by atoms with E-state index < -0.39 is 0 Å². The molecule has 0 nitrogen and oxygen atoms in total. The summed E-state index contributed by atoms with van der Waals surface area (Å²) in [6, 6.07) is 33.5. The van der Waals surface area contributed by atoms with Gasteiger partial charge < -0.3 is 0 Å². The van der Waals surface area contributed by atoms with Gasteiger partial charge in [-0.2, -0.15) is 0 Å². The molecule has 0 saturated carbocycles. The predicted octanol–water partition coefficient (Wildman–Crippen LogP) is 6.21. The van der Waals surface area contributed by atoms with E-state index in [4.69, 9.17) is 0 Å². The maximum absolute atomic E-state index is 3.61. The van der Waals surface area contributed by atoms with E-state index in [-0.39, 0.29) is 0 Å². The second-order valence-corrected chi connectivity index (χ2v) is 6.15. The summed E-state index contributed by atoms with van der Waals surface area (Å²) in [5.74, 6) is 0. The van der Waals surface area contributed by atoms with Gasteiger partial charge in [-0.3, -0.25) is 0 Å². The van der Waals surface area contributed by atoms with Gasteiger partial charge in [0, 0.05) is 0 Å². The number of benzene rings is 4. The van der Waals surface area contributed by atoms with E-state index in [1.807, 2.05) is 6.07 Å². The number of hydrogen-bond donors (Lipinski definition) is 0. The van der Waals surface area contributed by atoms with Crippen molar-refractivity contribution >= 4 is 22.4 Å². The molecule has 0 N–H and O–H groups in total. The third-order valence-electron chi connectivity index (χ3n) is 4.70. The van der Waals surface area contributed by atoms with Crippen molar-refractivity contribution in [3.63, 3.8) is 0 Å². The number of rotatable bonds is 2. The zero-order valence-electron chi connectivity index (χ0n) is 13.2. The molecule has 1 aliphatic carbocycles. The molecule has 4 aromatic carbocycles. The van der Waals surface area contributed by atoms with Crippen LogP contribution in [0.5, 0.6) is 0 Å². The Bertz CT molecular complexity index is 1080. The van der Waals surface area contributed by atoms with Crippen molar-refractivity contribution in [3.05, 3.63) is 108 Å². The Morgan fingerprint density at radius 3 is 2.21 bits per heavy atom. The van der Waals surface area contributed by atoms with Crippen molar-refractivity contribution in [1.29, 1.82) is 0 Å². The Kier molecular flexibility index (Phi) is 2.89. The van der Waals surface area contributed by atoms with Crippen LogP contribution in [-0.2, 0) is 0 Å². The molecule has 24 heavy (non-hydrogen) atoms. The van der Waals surface area contributed by atoms with Crippen molar-refractivity contribution in [1.82, 2.24) is 0 Å². The molecular formula is C24H15. The molecule has 4 aromatic rings. The zero-order valence-corrected chi connectivity index (χ0v) is 13.2. The number of hydrogen-bond acceptors (Lipinski definition) is 0. The van der Waals surface area contributed by atoms with Gasteiger partial charge in [-0.15, -0.1) is 0 Å². The van der Waals surface area contributed by atoms with E-state index in [1.54, 1.807) is 0 Å². The fourth-order valence-electron chi connectivity index (χ4n) is 3.58. The van der Waals surface area contributed by atoms with E-state index >= 15 is 0 Å². The first kappa shape index (κ1) is 13.3. The van der Waals surface area contributed by atoms with Crippen LogP contribution in [0.3, 0.4) is 0 Å². The molecule has 0 spiro atoms. The molecule has 0 aromatic heterocycles. The van der Waals surface area contributed by atoms with Crippen LogP contribution in [0.1, 0.15) is 16.7 Å². The summed E-state index contributed by atoms with van der Waals surface area (Å²) in [6.45, 7) is 0. The Morgan fingerprint density at radius 1 is 0.583 bits per heavy atom. The molecule has 0 fully saturated rings. The summed E-state index contributed by atoms with van der Waals surface area (Å²) < 4.78 is 0. The smallest absolute Gasteiger partial charge is 0.00141 e. The van der Waals surface area contributed by atoms with Crippen molar-refractivity contribution < 1.29 is 0 Å². The molecule has 0 heteroatoms. The summed E-state index contributed by atoms with van der Waals surface area (Å²) in [6.07, 6.45) is 2.29. The van der Waals surface area contributed by atoms with Crippen molar-refractivity contribution in [3.8, 4) is 11.1 Å². The maximum Gasteiger partial charge on any atom is -0.00141 e. The lowest BCUT2D eigenvalue weighted by molar-refractivity contribution is 1.56. The Balaban J connectivity index is 1.68. The van der Waals surface area contributed by atoms with Crippen LogP contribution in [0.4, 0.5) is 0 Å².